The molecule has 0 radical (unpaired) electrons. The smallest absolute Gasteiger partial charge is 0.419 e. The van der Waals surface area contributed by atoms with Gasteiger partial charge < -0.3 is 19.3 Å². The van der Waals surface area contributed by atoms with E-state index >= 15 is 4.39 Å². The molecule has 47 heavy (non-hydrogen) atoms. The quantitative estimate of drug-likeness (QED) is 0.195. The van der Waals surface area contributed by atoms with E-state index in [4.69, 9.17) is 9.47 Å². The number of nitrogens with zero attached hydrogens (tertiary/aromatic N) is 5. The van der Waals surface area contributed by atoms with E-state index in [1.54, 1.807) is 17.0 Å². The maximum absolute atomic E-state index is 16.3. The van der Waals surface area contributed by atoms with Crippen LogP contribution in [0.1, 0.15) is 44.7 Å². The molecule has 2 bridgehead atoms. The maximum atomic E-state index is 16.3. The SMILES string of the molecule is C=CC(=O)N1C[C@H](C)N(c2nc(=O)n3c4nc(c(F)cc24)-c2cccc(C(F)(F)F)c2OCCOc2cccc(C(C)C)c2-3)C[C@H]1C. The minimum absolute atomic E-state index is 0.0252. The van der Waals surface area contributed by atoms with Crippen LogP contribution in [-0.4, -0.2) is 63.7 Å². The van der Waals surface area contributed by atoms with Crippen molar-refractivity contribution in [2.45, 2.75) is 51.9 Å². The fourth-order valence-electron chi connectivity index (χ4n) is 6.32. The summed E-state index contributed by atoms with van der Waals surface area (Å²) in [5.41, 5.74) is -1.46. The second-order valence-electron chi connectivity index (χ2n) is 12.0. The first-order chi connectivity index (χ1) is 22.3. The number of aromatic nitrogens is 3. The average molecular weight is 652 g/mol. The van der Waals surface area contributed by atoms with Crippen LogP contribution in [0.5, 0.6) is 11.5 Å². The first-order valence-electron chi connectivity index (χ1n) is 15.2. The number of rotatable bonds is 3. The van der Waals surface area contributed by atoms with Crippen molar-refractivity contribution < 1.29 is 31.8 Å². The Morgan fingerprint density at radius 3 is 2.47 bits per heavy atom. The van der Waals surface area contributed by atoms with Crippen LogP contribution in [-0.2, 0) is 11.0 Å². The number of amides is 1. The number of carbonyl (C=O) groups excluding carboxylic acids is 1. The molecule has 4 aromatic rings. The van der Waals surface area contributed by atoms with Crippen LogP contribution >= 0.6 is 0 Å². The van der Waals surface area contributed by atoms with Gasteiger partial charge in [-0.15, -0.1) is 0 Å². The summed E-state index contributed by atoms with van der Waals surface area (Å²) in [6.07, 6.45) is -3.57. The van der Waals surface area contributed by atoms with Crippen molar-refractivity contribution >= 4 is 22.8 Å². The van der Waals surface area contributed by atoms with Crippen LogP contribution < -0.4 is 20.1 Å². The van der Waals surface area contributed by atoms with Crippen molar-refractivity contribution in [2.75, 3.05) is 31.2 Å². The molecule has 0 aliphatic carbocycles. The molecule has 0 spiro atoms. The van der Waals surface area contributed by atoms with E-state index in [1.165, 1.54) is 16.7 Å². The summed E-state index contributed by atoms with van der Waals surface area (Å²) in [7, 11) is 0. The zero-order valence-corrected chi connectivity index (χ0v) is 26.3. The van der Waals surface area contributed by atoms with E-state index in [2.05, 4.69) is 16.5 Å². The highest BCUT2D eigenvalue weighted by molar-refractivity contribution is 5.92. The van der Waals surface area contributed by atoms with Gasteiger partial charge in [-0.3, -0.25) is 4.79 Å². The van der Waals surface area contributed by atoms with Crippen LogP contribution in [0.15, 0.2) is 59.9 Å². The Labute approximate surface area is 268 Å². The minimum atomic E-state index is -4.81. The molecule has 246 valence electrons. The highest BCUT2D eigenvalue weighted by Gasteiger charge is 2.37. The Kier molecular flexibility index (Phi) is 8.18. The monoisotopic (exact) mass is 651 g/mol. The molecule has 1 saturated heterocycles. The lowest BCUT2D eigenvalue weighted by molar-refractivity contribution is -0.139. The molecule has 1 fully saturated rings. The molecule has 9 nitrogen and oxygen atoms in total. The Balaban J connectivity index is 1.70. The van der Waals surface area contributed by atoms with Gasteiger partial charge in [0, 0.05) is 30.7 Å². The van der Waals surface area contributed by atoms with Crippen LogP contribution in [0.2, 0.25) is 0 Å². The van der Waals surface area contributed by atoms with Gasteiger partial charge in [-0.1, -0.05) is 38.6 Å². The number of benzene rings is 2. The van der Waals surface area contributed by atoms with Crippen LogP contribution in [0, 0.1) is 5.82 Å². The summed E-state index contributed by atoms with van der Waals surface area (Å²) in [6, 6.07) is 9.01. The van der Waals surface area contributed by atoms with Gasteiger partial charge in [-0.25, -0.2) is 18.7 Å². The number of halogens is 4. The van der Waals surface area contributed by atoms with Gasteiger partial charge in [0.2, 0.25) is 5.91 Å². The lowest BCUT2D eigenvalue weighted by Crippen LogP contribution is -2.58. The number of hydrogen-bond donors (Lipinski definition) is 0. The number of piperazine rings is 1. The molecular formula is C34H33F4N5O4. The Hall–Kier alpha value is -4.94. The van der Waals surface area contributed by atoms with Crippen molar-refractivity contribution in [1.82, 2.24) is 19.4 Å². The highest BCUT2D eigenvalue weighted by Crippen LogP contribution is 2.44. The molecule has 4 heterocycles. The van der Waals surface area contributed by atoms with Crippen molar-refractivity contribution in [2.24, 2.45) is 0 Å². The van der Waals surface area contributed by atoms with E-state index < -0.39 is 34.7 Å². The maximum Gasteiger partial charge on any atom is 0.419 e. The molecule has 13 heteroatoms. The van der Waals surface area contributed by atoms with Gasteiger partial charge in [0.15, 0.2) is 11.5 Å². The Morgan fingerprint density at radius 1 is 1.04 bits per heavy atom. The third kappa shape index (κ3) is 5.57. The first kappa shape index (κ1) is 32.0. The summed E-state index contributed by atoms with van der Waals surface area (Å²) in [6.45, 7) is 11.2. The first-order valence-corrected chi connectivity index (χ1v) is 15.2. The van der Waals surface area contributed by atoms with Crippen LogP contribution in [0.3, 0.4) is 0 Å². The molecule has 2 aromatic carbocycles. The highest BCUT2D eigenvalue weighted by atomic mass is 19.4. The number of hydrogen-bond acceptors (Lipinski definition) is 7. The van der Waals surface area contributed by atoms with Crippen molar-refractivity contribution in [3.8, 4) is 28.4 Å². The van der Waals surface area contributed by atoms with Gasteiger partial charge in [0.05, 0.1) is 16.6 Å². The van der Waals surface area contributed by atoms with E-state index in [9.17, 15) is 22.8 Å². The number of fused-ring (bicyclic) bond motifs is 5. The molecule has 6 rings (SSSR count). The lowest BCUT2D eigenvalue weighted by Gasteiger charge is -2.44. The zero-order chi connectivity index (χ0) is 33.8. The molecule has 2 aliphatic heterocycles. The molecule has 2 atom stereocenters. The summed E-state index contributed by atoms with van der Waals surface area (Å²) in [4.78, 5) is 39.3. The van der Waals surface area contributed by atoms with E-state index in [0.29, 0.717) is 11.3 Å². The fourth-order valence-corrected chi connectivity index (χ4v) is 6.32. The molecule has 2 aliphatic rings. The van der Waals surface area contributed by atoms with Gasteiger partial charge in [-0.2, -0.15) is 18.2 Å². The van der Waals surface area contributed by atoms with E-state index in [1.807, 2.05) is 38.7 Å². The second kappa shape index (κ2) is 12.0. The number of carbonyl (C=O) groups is 1. The van der Waals surface area contributed by atoms with Crippen molar-refractivity contribution in [3.05, 3.63) is 82.5 Å². The standard InChI is InChI=1S/C34H33F4N5O4/c1-6-27(44)41-16-20(5)42(17-19(41)4)31-23-15-25(35)28-22-10-7-11-24(34(36,37)38)30(22)47-14-13-46-26-12-8-9-21(18(2)3)29(26)43(32(23)39-28)33(45)40-31/h6-12,15,18-20H,1,13-14,16-17H2,2-5H3/t19-,20+/m1/s1. The van der Waals surface area contributed by atoms with Gasteiger partial charge in [-0.05, 0) is 55.7 Å². The van der Waals surface area contributed by atoms with Gasteiger partial charge >= 0.3 is 11.9 Å². The summed E-state index contributed by atoms with van der Waals surface area (Å²) < 4.78 is 71.7. The summed E-state index contributed by atoms with van der Waals surface area (Å²) >= 11 is 0. The summed E-state index contributed by atoms with van der Waals surface area (Å²) in [5.74, 6) is -1.48. The zero-order valence-electron chi connectivity index (χ0n) is 26.3. The largest absolute Gasteiger partial charge is 0.489 e. The average Bonchev–Trinajstić information content (AvgIpc) is 3.02. The molecule has 2 aromatic heterocycles. The molecule has 0 unspecified atom stereocenters. The third-order valence-corrected chi connectivity index (χ3v) is 8.56. The summed E-state index contributed by atoms with van der Waals surface area (Å²) in [5, 5.41) is 0.157. The topological polar surface area (TPSA) is 89.8 Å². The van der Waals surface area contributed by atoms with E-state index in [-0.39, 0.29) is 78.4 Å². The molecular weight excluding hydrogens is 618 g/mol. The van der Waals surface area contributed by atoms with Crippen LogP contribution in [0.25, 0.3) is 28.0 Å². The Bertz CT molecular complexity index is 1960. The van der Waals surface area contributed by atoms with Gasteiger partial charge in [0.25, 0.3) is 0 Å². The number of alkyl halides is 3. The lowest BCUT2D eigenvalue weighted by atomic mass is 10.00. The molecule has 0 saturated carbocycles. The van der Waals surface area contributed by atoms with Crippen molar-refractivity contribution in [3.63, 3.8) is 0 Å². The Morgan fingerprint density at radius 2 is 1.77 bits per heavy atom. The number of pyridine rings is 1. The number of ether oxygens (including phenoxy) is 2. The fraction of sp³-hybridized carbons (Fsp3) is 0.353. The van der Waals surface area contributed by atoms with Crippen LogP contribution in [0.4, 0.5) is 23.4 Å². The van der Waals surface area contributed by atoms with Crippen molar-refractivity contribution in [1.29, 1.82) is 0 Å². The van der Waals surface area contributed by atoms with Gasteiger partial charge in [0.1, 0.15) is 36.2 Å². The molecule has 1 amide bonds. The van der Waals surface area contributed by atoms with E-state index in [0.717, 1.165) is 18.2 Å². The second-order valence-corrected chi connectivity index (χ2v) is 12.0. The third-order valence-electron chi connectivity index (χ3n) is 8.56. The predicted molar refractivity (Wildman–Crippen MR) is 169 cm³/mol. The number of para-hydroxylation sites is 2. The normalized spacial score (nSPS) is 18.1. The predicted octanol–water partition coefficient (Wildman–Crippen LogP) is 6.11. The minimum Gasteiger partial charge on any atom is -0.489 e. The molecule has 0 N–H and O–H groups in total. The number of anilines is 1.